The number of hydrogen-bond acceptors (Lipinski definition) is 3. The van der Waals surface area contributed by atoms with Gasteiger partial charge in [0.25, 0.3) is 0 Å². The van der Waals surface area contributed by atoms with Crippen LogP contribution in [0, 0.1) is 6.92 Å². The molecule has 0 spiro atoms. The SMILES string of the molecule is C=C(C1=CC=CNC1)c1c(C)cc(O)cc1N. The molecule has 0 radical (unpaired) electrons. The maximum atomic E-state index is 9.46. The summed E-state index contributed by atoms with van der Waals surface area (Å²) in [4.78, 5) is 0. The topological polar surface area (TPSA) is 58.3 Å². The number of nitrogens with one attached hydrogen (secondary N) is 1. The lowest BCUT2D eigenvalue weighted by Crippen LogP contribution is -2.14. The van der Waals surface area contributed by atoms with Crippen LogP contribution < -0.4 is 11.1 Å². The zero-order valence-electron chi connectivity index (χ0n) is 9.83. The van der Waals surface area contributed by atoms with Gasteiger partial charge in [0.2, 0.25) is 0 Å². The van der Waals surface area contributed by atoms with Gasteiger partial charge in [0.05, 0.1) is 0 Å². The molecule has 0 unspecified atom stereocenters. The Hall–Kier alpha value is -2.16. The fourth-order valence-electron chi connectivity index (χ4n) is 2.04. The summed E-state index contributed by atoms with van der Waals surface area (Å²) in [5, 5.41) is 12.6. The van der Waals surface area contributed by atoms with Crippen LogP contribution in [0.25, 0.3) is 5.57 Å². The molecule has 0 atom stereocenters. The number of phenols is 1. The first-order valence-electron chi connectivity index (χ1n) is 5.47. The summed E-state index contributed by atoms with van der Waals surface area (Å²) in [5.41, 5.74) is 10.3. The van der Waals surface area contributed by atoms with Crippen molar-refractivity contribution in [2.24, 2.45) is 0 Å². The third kappa shape index (κ3) is 2.18. The molecule has 1 aliphatic rings. The molecule has 88 valence electrons. The molecule has 1 aliphatic heterocycles. The van der Waals surface area contributed by atoms with Gasteiger partial charge in [-0.2, -0.15) is 0 Å². The molecule has 1 aromatic carbocycles. The second-order valence-corrected chi connectivity index (χ2v) is 4.14. The minimum Gasteiger partial charge on any atom is -0.508 e. The van der Waals surface area contributed by atoms with Crippen molar-refractivity contribution < 1.29 is 5.11 Å². The molecule has 0 fully saturated rings. The molecular formula is C14H16N2O. The van der Waals surface area contributed by atoms with Gasteiger partial charge >= 0.3 is 0 Å². The second kappa shape index (κ2) is 4.37. The average molecular weight is 228 g/mol. The summed E-state index contributed by atoms with van der Waals surface area (Å²) < 4.78 is 0. The Morgan fingerprint density at radius 3 is 2.82 bits per heavy atom. The van der Waals surface area contributed by atoms with Crippen molar-refractivity contribution in [1.29, 1.82) is 0 Å². The molecule has 2 rings (SSSR count). The van der Waals surface area contributed by atoms with Gasteiger partial charge in [-0.05, 0) is 42.0 Å². The maximum Gasteiger partial charge on any atom is 0.117 e. The third-order valence-electron chi connectivity index (χ3n) is 2.84. The van der Waals surface area contributed by atoms with E-state index in [0.717, 1.165) is 28.8 Å². The van der Waals surface area contributed by atoms with Crippen molar-refractivity contribution in [3.05, 3.63) is 53.8 Å². The van der Waals surface area contributed by atoms with E-state index in [1.54, 1.807) is 12.1 Å². The van der Waals surface area contributed by atoms with Gasteiger partial charge in [-0.25, -0.2) is 0 Å². The third-order valence-corrected chi connectivity index (χ3v) is 2.84. The Morgan fingerprint density at radius 2 is 2.24 bits per heavy atom. The van der Waals surface area contributed by atoms with Gasteiger partial charge in [0, 0.05) is 23.9 Å². The van der Waals surface area contributed by atoms with E-state index in [1.807, 2.05) is 25.3 Å². The predicted octanol–water partition coefficient (Wildman–Crippen LogP) is 2.34. The van der Waals surface area contributed by atoms with Crippen LogP contribution in [0.4, 0.5) is 5.69 Å². The van der Waals surface area contributed by atoms with Crippen molar-refractivity contribution in [3.8, 4) is 5.75 Å². The number of nitrogen functional groups attached to an aromatic ring is 1. The predicted molar refractivity (Wildman–Crippen MR) is 71.5 cm³/mol. The summed E-state index contributed by atoms with van der Waals surface area (Å²) in [7, 11) is 0. The second-order valence-electron chi connectivity index (χ2n) is 4.14. The summed E-state index contributed by atoms with van der Waals surface area (Å²) in [6.45, 7) is 6.76. The first kappa shape index (κ1) is 11.3. The van der Waals surface area contributed by atoms with Crippen LogP contribution in [-0.4, -0.2) is 11.7 Å². The van der Waals surface area contributed by atoms with Crippen molar-refractivity contribution in [2.75, 3.05) is 12.3 Å². The first-order chi connectivity index (χ1) is 8.09. The van der Waals surface area contributed by atoms with E-state index in [9.17, 15) is 5.11 Å². The van der Waals surface area contributed by atoms with Gasteiger partial charge in [0.15, 0.2) is 0 Å². The highest BCUT2D eigenvalue weighted by atomic mass is 16.3. The van der Waals surface area contributed by atoms with E-state index in [1.165, 1.54) is 0 Å². The van der Waals surface area contributed by atoms with Gasteiger partial charge in [-0.3, -0.25) is 0 Å². The van der Waals surface area contributed by atoms with Crippen LogP contribution in [0.5, 0.6) is 5.75 Å². The molecule has 3 nitrogen and oxygen atoms in total. The van der Waals surface area contributed by atoms with Crippen LogP contribution in [0.1, 0.15) is 11.1 Å². The lowest BCUT2D eigenvalue weighted by molar-refractivity contribution is 0.475. The molecule has 17 heavy (non-hydrogen) atoms. The molecular weight excluding hydrogens is 212 g/mol. The number of anilines is 1. The Bertz CT molecular complexity index is 504. The number of allylic oxidation sites excluding steroid dienone is 2. The number of dihydropyridines is 1. The lowest BCUT2D eigenvalue weighted by atomic mass is 9.93. The van der Waals surface area contributed by atoms with Crippen molar-refractivity contribution >= 4 is 11.3 Å². The van der Waals surface area contributed by atoms with Crippen LogP contribution >= 0.6 is 0 Å². The number of nitrogens with two attached hydrogens (primary N) is 1. The standard InChI is InChI=1S/C14H16N2O/c1-9-6-12(17)7-13(15)14(9)10(2)11-4-3-5-16-8-11/h3-7,16-17H,2,8,15H2,1H3. The number of rotatable bonds is 2. The molecule has 0 saturated heterocycles. The Balaban J connectivity index is 2.44. The highest BCUT2D eigenvalue weighted by Crippen LogP contribution is 2.32. The van der Waals surface area contributed by atoms with Gasteiger partial charge in [0.1, 0.15) is 5.75 Å². The van der Waals surface area contributed by atoms with Gasteiger partial charge < -0.3 is 16.2 Å². The first-order valence-corrected chi connectivity index (χ1v) is 5.47. The minimum absolute atomic E-state index is 0.187. The summed E-state index contributed by atoms with van der Waals surface area (Å²) in [5.74, 6) is 0.187. The van der Waals surface area contributed by atoms with Crippen LogP contribution in [0.3, 0.4) is 0 Å². The molecule has 0 amide bonds. The zero-order valence-corrected chi connectivity index (χ0v) is 9.83. The van der Waals surface area contributed by atoms with Crippen molar-refractivity contribution in [1.82, 2.24) is 5.32 Å². The Morgan fingerprint density at radius 1 is 1.47 bits per heavy atom. The number of aryl methyl sites for hydroxylation is 1. The molecule has 0 bridgehead atoms. The van der Waals surface area contributed by atoms with E-state index in [-0.39, 0.29) is 5.75 Å². The molecule has 1 heterocycles. The van der Waals surface area contributed by atoms with Crippen LogP contribution in [0.15, 0.2) is 42.6 Å². The highest BCUT2D eigenvalue weighted by molar-refractivity contribution is 5.86. The van der Waals surface area contributed by atoms with Crippen LogP contribution in [0.2, 0.25) is 0 Å². The molecule has 0 aliphatic carbocycles. The molecule has 4 N–H and O–H groups in total. The average Bonchev–Trinajstić information content (AvgIpc) is 2.28. The summed E-state index contributed by atoms with van der Waals surface area (Å²) in [6, 6.07) is 3.25. The number of phenolic OH excluding ortho intramolecular Hbond substituents is 1. The quantitative estimate of drug-likeness (QED) is 0.681. The summed E-state index contributed by atoms with van der Waals surface area (Å²) in [6.07, 6.45) is 5.85. The monoisotopic (exact) mass is 228 g/mol. The Kier molecular flexibility index (Phi) is 2.91. The van der Waals surface area contributed by atoms with E-state index in [2.05, 4.69) is 11.9 Å². The molecule has 0 aromatic heterocycles. The highest BCUT2D eigenvalue weighted by Gasteiger charge is 2.13. The van der Waals surface area contributed by atoms with E-state index < -0.39 is 0 Å². The Labute approximate surface area is 101 Å². The van der Waals surface area contributed by atoms with E-state index in [0.29, 0.717) is 5.69 Å². The maximum absolute atomic E-state index is 9.46. The number of benzene rings is 1. The van der Waals surface area contributed by atoms with Crippen molar-refractivity contribution in [3.63, 3.8) is 0 Å². The smallest absolute Gasteiger partial charge is 0.117 e. The largest absolute Gasteiger partial charge is 0.508 e. The van der Waals surface area contributed by atoms with Gasteiger partial charge in [-0.15, -0.1) is 0 Å². The molecule has 3 heteroatoms. The number of aromatic hydroxyl groups is 1. The zero-order chi connectivity index (χ0) is 12.4. The van der Waals surface area contributed by atoms with Crippen molar-refractivity contribution in [2.45, 2.75) is 6.92 Å². The van der Waals surface area contributed by atoms with Crippen LogP contribution in [-0.2, 0) is 0 Å². The lowest BCUT2D eigenvalue weighted by Gasteiger charge is -2.17. The van der Waals surface area contributed by atoms with E-state index >= 15 is 0 Å². The minimum atomic E-state index is 0.187. The normalized spacial score (nSPS) is 14.1. The molecule has 0 saturated carbocycles. The summed E-state index contributed by atoms with van der Waals surface area (Å²) >= 11 is 0. The fourth-order valence-corrected chi connectivity index (χ4v) is 2.04. The van der Waals surface area contributed by atoms with Gasteiger partial charge in [-0.1, -0.05) is 12.7 Å². The molecule has 1 aromatic rings. The van der Waals surface area contributed by atoms with E-state index in [4.69, 9.17) is 5.73 Å². The fraction of sp³-hybridized carbons (Fsp3) is 0.143. The number of hydrogen-bond donors (Lipinski definition) is 3.